The lowest BCUT2D eigenvalue weighted by Gasteiger charge is -2.15. The molecule has 3 heterocycles. The van der Waals surface area contributed by atoms with Crippen LogP contribution in [-0.2, 0) is 22.6 Å². The van der Waals surface area contributed by atoms with E-state index in [-0.39, 0.29) is 6.10 Å². The van der Waals surface area contributed by atoms with Crippen molar-refractivity contribution in [1.82, 2.24) is 18.8 Å². The Kier molecular flexibility index (Phi) is 12.2. The van der Waals surface area contributed by atoms with Gasteiger partial charge in [-0.15, -0.1) is 0 Å². The van der Waals surface area contributed by atoms with E-state index in [1.807, 2.05) is 44.0 Å². The molecule has 0 amide bonds. The van der Waals surface area contributed by atoms with Crippen molar-refractivity contribution < 1.29 is 14.2 Å². The summed E-state index contributed by atoms with van der Waals surface area (Å²) in [7, 11) is 0. The quantitative estimate of drug-likeness (QED) is 0.210. The Morgan fingerprint density at radius 1 is 1.11 bits per heavy atom. The minimum Gasteiger partial charge on any atom is -0.488 e. The van der Waals surface area contributed by atoms with E-state index >= 15 is 0 Å². The summed E-state index contributed by atoms with van der Waals surface area (Å²) in [6.07, 6.45) is 4.51. The van der Waals surface area contributed by atoms with E-state index in [1.54, 1.807) is 0 Å². The molecule has 1 aliphatic heterocycles. The summed E-state index contributed by atoms with van der Waals surface area (Å²) in [5.74, 6) is 3.43. The Bertz CT molecular complexity index is 1100. The van der Waals surface area contributed by atoms with Crippen LogP contribution in [0.15, 0.2) is 18.2 Å². The second-order valence-corrected chi connectivity index (χ2v) is 10.4. The summed E-state index contributed by atoms with van der Waals surface area (Å²) in [4.78, 5) is 9.38. The number of ether oxygens (including phenoxy) is 3. The lowest BCUT2D eigenvalue weighted by molar-refractivity contribution is 0.0590. The molecule has 1 aliphatic rings. The summed E-state index contributed by atoms with van der Waals surface area (Å²) in [6, 6.07) is 5.98. The molecule has 206 valence electrons. The SMILES string of the molecule is CCCCn1c(COCC)nc2c(N)nc3cc(OC(C)COCCC)ccc3c21.CCN1CCCS1. The maximum absolute atomic E-state index is 6.31. The molecule has 2 aromatic heterocycles. The van der Waals surface area contributed by atoms with Crippen LogP contribution >= 0.6 is 11.9 Å². The van der Waals surface area contributed by atoms with E-state index in [4.69, 9.17) is 24.9 Å². The topological polar surface area (TPSA) is 87.7 Å². The highest BCUT2D eigenvalue weighted by atomic mass is 32.2. The van der Waals surface area contributed by atoms with E-state index in [9.17, 15) is 0 Å². The molecule has 0 spiro atoms. The number of unbranched alkanes of at least 4 members (excludes halogenated alkanes) is 1. The average Bonchev–Trinajstić information content (AvgIpc) is 3.55. The van der Waals surface area contributed by atoms with E-state index in [2.05, 4.69) is 34.6 Å². The Labute approximate surface area is 226 Å². The van der Waals surface area contributed by atoms with Crippen LogP contribution in [0.2, 0.25) is 0 Å². The largest absolute Gasteiger partial charge is 0.488 e. The third-order valence-corrected chi connectivity index (χ3v) is 7.42. The van der Waals surface area contributed by atoms with E-state index in [0.29, 0.717) is 25.6 Å². The van der Waals surface area contributed by atoms with Gasteiger partial charge in [0.2, 0.25) is 0 Å². The van der Waals surface area contributed by atoms with Crippen molar-refractivity contribution in [3.8, 4) is 5.75 Å². The smallest absolute Gasteiger partial charge is 0.152 e. The minimum atomic E-state index is -0.0389. The number of rotatable bonds is 13. The number of nitrogens with zero attached hydrogens (tertiary/aromatic N) is 4. The van der Waals surface area contributed by atoms with Gasteiger partial charge in [0.05, 0.1) is 17.6 Å². The normalized spacial score (nSPS) is 14.7. The molecule has 8 nitrogen and oxygen atoms in total. The molecular formula is C28H45N5O3S. The highest BCUT2D eigenvalue weighted by Crippen LogP contribution is 2.31. The number of imidazole rings is 1. The van der Waals surface area contributed by atoms with Gasteiger partial charge >= 0.3 is 0 Å². The van der Waals surface area contributed by atoms with Gasteiger partial charge in [-0.1, -0.05) is 39.1 Å². The molecule has 1 atom stereocenters. The van der Waals surface area contributed by atoms with Gasteiger partial charge in [-0.3, -0.25) is 4.31 Å². The summed E-state index contributed by atoms with van der Waals surface area (Å²) in [5.41, 5.74) is 8.87. The van der Waals surface area contributed by atoms with Gasteiger partial charge in [-0.05, 0) is 45.2 Å². The maximum Gasteiger partial charge on any atom is 0.152 e. The molecule has 4 rings (SSSR count). The van der Waals surface area contributed by atoms with Crippen molar-refractivity contribution in [2.75, 3.05) is 44.4 Å². The van der Waals surface area contributed by atoms with E-state index in [1.165, 1.54) is 25.3 Å². The lowest BCUT2D eigenvalue weighted by Crippen LogP contribution is -2.19. The van der Waals surface area contributed by atoms with Crippen LogP contribution in [0.3, 0.4) is 0 Å². The number of nitrogen functional groups attached to an aromatic ring is 1. The first-order valence-electron chi connectivity index (χ1n) is 13.8. The Hall–Kier alpha value is -2.07. The van der Waals surface area contributed by atoms with Crippen LogP contribution in [0, 0.1) is 0 Å². The molecule has 1 fully saturated rings. The standard InChI is InChI=1S/C23H34N4O3.C5H11NS/c1-5-8-11-27-20(15-28-7-3)26-21-22(27)18-10-9-17(13-19(18)25-23(21)24)30-16(4)14-29-12-6-2;1-2-6-4-3-5-7-6/h9-10,13,16H,5-8,11-12,14-15H2,1-4H3,(H2,24,25);2-5H2,1H3. The highest BCUT2D eigenvalue weighted by Gasteiger charge is 2.18. The van der Waals surface area contributed by atoms with Gasteiger partial charge in [0.25, 0.3) is 0 Å². The number of hydrogen-bond acceptors (Lipinski definition) is 8. The number of fused-ring (bicyclic) bond motifs is 3. The number of anilines is 1. The third-order valence-electron chi connectivity index (χ3n) is 6.14. The Morgan fingerprint density at radius 3 is 2.59 bits per heavy atom. The molecule has 1 saturated heterocycles. The summed E-state index contributed by atoms with van der Waals surface area (Å²) < 4.78 is 21.9. The first-order chi connectivity index (χ1) is 18.0. The average molecular weight is 532 g/mol. The van der Waals surface area contributed by atoms with E-state index in [0.717, 1.165) is 65.9 Å². The van der Waals surface area contributed by atoms with Crippen molar-refractivity contribution in [2.45, 2.75) is 79.6 Å². The molecule has 0 bridgehead atoms. The molecule has 0 radical (unpaired) electrons. The third kappa shape index (κ3) is 8.21. The zero-order valence-electron chi connectivity index (χ0n) is 23.3. The predicted molar refractivity (Wildman–Crippen MR) is 155 cm³/mol. The first kappa shape index (κ1) is 29.5. The van der Waals surface area contributed by atoms with Crippen LogP contribution in [0.25, 0.3) is 21.9 Å². The number of aryl methyl sites for hydroxylation is 1. The number of benzene rings is 1. The minimum absolute atomic E-state index is 0.0389. The zero-order chi connectivity index (χ0) is 26.6. The second kappa shape index (κ2) is 15.4. The summed E-state index contributed by atoms with van der Waals surface area (Å²) >= 11 is 1.98. The fourth-order valence-corrected chi connectivity index (χ4v) is 5.24. The van der Waals surface area contributed by atoms with Crippen molar-refractivity contribution in [3.05, 3.63) is 24.0 Å². The van der Waals surface area contributed by atoms with Gasteiger partial charge in [0, 0.05) is 50.1 Å². The van der Waals surface area contributed by atoms with Crippen LogP contribution in [0.1, 0.15) is 66.1 Å². The molecule has 2 N–H and O–H groups in total. The van der Waals surface area contributed by atoms with Crippen molar-refractivity contribution in [2.24, 2.45) is 0 Å². The van der Waals surface area contributed by atoms with Crippen molar-refractivity contribution >= 4 is 39.7 Å². The maximum atomic E-state index is 6.31. The fraction of sp³-hybridized carbons (Fsp3) is 0.643. The highest BCUT2D eigenvalue weighted by molar-refractivity contribution is 7.97. The van der Waals surface area contributed by atoms with E-state index < -0.39 is 0 Å². The van der Waals surface area contributed by atoms with Crippen molar-refractivity contribution in [3.63, 3.8) is 0 Å². The molecule has 1 unspecified atom stereocenters. The molecule has 9 heteroatoms. The van der Waals surface area contributed by atoms with Gasteiger partial charge in [0.1, 0.15) is 29.8 Å². The first-order valence-corrected chi connectivity index (χ1v) is 14.7. The van der Waals surface area contributed by atoms with Gasteiger partial charge in [-0.25, -0.2) is 9.97 Å². The summed E-state index contributed by atoms with van der Waals surface area (Å²) in [5, 5.41) is 1.02. The summed E-state index contributed by atoms with van der Waals surface area (Å²) in [6.45, 7) is 16.3. The van der Waals surface area contributed by atoms with Crippen LogP contribution < -0.4 is 10.5 Å². The molecule has 3 aromatic rings. The molecule has 37 heavy (non-hydrogen) atoms. The van der Waals surface area contributed by atoms with Gasteiger partial charge in [-0.2, -0.15) is 0 Å². The Morgan fingerprint density at radius 2 is 1.95 bits per heavy atom. The predicted octanol–water partition coefficient (Wildman–Crippen LogP) is 6.06. The van der Waals surface area contributed by atoms with Crippen LogP contribution in [0.4, 0.5) is 5.82 Å². The van der Waals surface area contributed by atoms with Crippen LogP contribution in [0.5, 0.6) is 5.75 Å². The second-order valence-electron chi connectivity index (χ2n) is 9.26. The number of pyridine rings is 1. The monoisotopic (exact) mass is 531 g/mol. The molecule has 1 aromatic carbocycles. The van der Waals surface area contributed by atoms with Crippen LogP contribution in [-0.4, -0.2) is 63.6 Å². The Balaban J connectivity index is 0.000000468. The van der Waals surface area contributed by atoms with Gasteiger partial charge in [0.15, 0.2) is 5.82 Å². The number of hydrogen-bond donors (Lipinski definition) is 1. The fourth-order valence-electron chi connectivity index (χ4n) is 4.28. The number of nitrogens with two attached hydrogens (primary N) is 1. The molecular weight excluding hydrogens is 486 g/mol. The lowest BCUT2D eigenvalue weighted by atomic mass is 10.1. The molecule has 0 saturated carbocycles. The van der Waals surface area contributed by atoms with Crippen molar-refractivity contribution in [1.29, 1.82) is 0 Å². The number of aromatic nitrogens is 3. The zero-order valence-corrected chi connectivity index (χ0v) is 24.1. The van der Waals surface area contributed by atoms with Gasteiger partial charge < -0.3 is 24.5 Å². The molecule has 0 aliphatic carbocycles.